The SMILES string of the molecule is CCc1c(C)nn(-c2ncc(C(F)(F)F)cc2Cl)c1Cl. The van der Waals surface area contributed by atoms with Crippen LogP contribution in [0.4, 0.5) is 13.2 Å². The van der Waals surface area contributed by atoms with Crippen molar-refractivity contribution in [2.75, 3.05) is 0 Å². The molecule has 2 heterocycles. The van der Waals surface area contributed by atoms with Crippen LogP contribution in [0.15, 0.2) is 12.3 Å². The van der Waals surface area contributed by atoms with Crippen LogP contribution < -0.4 is 0 Å². The van der Waals surface area contributed by atoms with Crippen LogP contribution in [0.3, 0.4) is 0 Å². The first-order chi connectivity index (χ1) is 9.25. The molecule has 2 rings (SSSR count). The Kier molecular flexibility index (Phi) is 3.97. The molecule has 0 atom stereocenters. The Balaban J connectivity index is 2.55. The summed E-state index contributed by atoms with van der Waals surface area (Å²) < 4.78 is 38.9. The van der Waals surface area contributed by atoms with Crippen molar-refractivity contribution in [2.45, 2.75) is 26.4 Å². The average molecular weight is 324 g/mol. The lowest BCUT2D eigenvalue weighted by molar-refractivity contribution is -0.137. The molecule has 0 saturated carbocycles. The van der Waals surface area contributed by atoms with E-state index in [0.29, 0.717) is 23.5 Å². The monoisotopic (exact) mass is 323 g/mol. The highest BCUT2D eigenvalue weighted by atomic mass is 35.5. The van der Waals surface area contributed by atoms with Crippen molar-refractivity contribution in [1.29, 1.82) is 0 Å². The predicted molar refractivity (Wildman–Crippen MR) is 70.5 cm³/mol. The fraction of sp³-hybridized carbons (Fsp3) is 0.333. The van der Waals surface area contributed by atoms with Gasteiger partial charge in [0.25, 0.3) is 0 Å². The Morgan fingerprint density at radius 1 is 1.30 bits per heavy atom. The molecule has 0 bridgehead atoms. The minimum absolute atomic E-state index is 0.0764. The van der Waals surface area contributed by atoms with E-state index in [1.54, 1.807) is 6.92 Å². The van der Waals surface area contributed by atoms with Crippen molar-refractivity contribution in [1.82, 2.24) is 14.8 Å². The maximum absolute atomic E-state index is 12.6. The second kappa shape index (κ2) is 5.26. The van der Waals surface area contributed by atoms with Crippen LogP contribution in [0.5, 0.6) is 0 Å². The van der Waals surface area contributed by atoms with Crippen LogP contribution in [0, 0.1) is 6.92 Å². The summed E-state index contributed by atoms with van der Waals surface area (Å²) in [4.78, 5) is 3.73. The third-order valence-electron chi connectivity index (χ3n) is 2.82. The molecule has 0 aliphatic carbocycles. The van der Waals surface area contributed by atoms with E-state index in [-0.39, 0.29) is 10.8 Å². The topological polar surface area (TPSA) is 30.7 Å². The second-order valence-corrected chi connectivity index (χ2v) is 4.91. The van der Waals surface area contributed by atoms with Gasteiger partial charge in [-0.1, -0.05) is 30.1 Å². The quantitative estimate of drug-likeness (QED) is 0.816. The molecule has 0 radical (unpaired) electrons. The number of hydrogen-bond donors (Lipinski definition) is 0. The number of nitrogens with zero attached hydrogens (tertiary/aromatic N) is 3. The number of aryl methyl sites for hydroxylation is 1. The molecule has 20 heavy (non-hydrogen) atoms. The van der Waals surface area contributed by atoms with Gasteiger partial charge in [0.15, 0.2) is 5.82 Å². The molecule has 2 aromatic heterocycles. The van der Waals surface area contributed by atoms with E-state index in [2.05, 4.69) is 10.1 Å². The van der Waals surface area contributed by atoms with Crippen molar-refractivity contribution in [3.63, 3.8) is 0 Å². The third kappa shape index (κ3) is 2.62. The molecular weight excluding hydrogens is 314 g/mol. The van der Waals surface area contributed by atoms with Gasteiger partial charge in [-0.2, -0.15) is 18.3 Å². The van der Waals surface area contributed by atoms with Gasteiger partial charge in [-0.15, -0.1) is 0 Å². The van der Waals surface area contributed by atoms with E-state index >= 15 is 0 Å². The van der Waals surface area contributed by atoms with Gasteiger partial charge in [-0.3, -0.25) is 0 Å². The number of alkyl halides is 3. The summed E-state index contributed by atoms with van der Waals surface area (Å²) in [5.74, 6) is 0.0764. The fourth-order valence-electron chi connectivity index (χ4n) is 1.81. The molecule has 8 heteroatoms. The second-order valence-electron chi connectivity index (χ2n) is 4.15. The molecule has 0 aromatic carbocycles. The zero-order chi connectivity index (χ0) is 15.1. The number of halogens is 5. The number of rotatable bonds is 2. The van der Waals surface area contributed by atoms with Crippen molar-refractivity contribution in [2.24, 2.45) is 0 Å². The smallest absolute Gasteiger partial charge is 0.235 e. The summed E-state index contributed by atoms with van der Waals surface area (Å²) in [7, 11) is 0. The largest absolute Gasteiger partial charge is 0.417 e. The standard InChI is InChI=1S/C12H10Cl2F3N3/c1-3-8-6(2)19-20(10(8)14)11-9(13)4-7(5-18-11)12(15,16)17/h4-5H,3H2,1-2H3. The first-order valence-corrected chi connectivity index (χ1v) is 6.48. The Labute approximate surface area is 123 Å². The molecule has 0 fully saturated rings. The van der Waals surface area contributed by atoms with Crippen molar-refractivity contribution >= 4 is 23.2 Å². The van der Waals surface area contributed by atoms with Crippen molar-refractivity contribution in [3.05, 3.63) is 39.3 Å². The van der Waals surface area contributed by atoms with Crippen LogP contribution in [0.1, 0.15) is 23.7 Å². The minimum atomic E-state index is -4.49. The average Bonchev–Trinajstić information content (AvgIpc) is 2.63. The van der Waals surface area contributed by atoms with E-state index < -0.39 is 11.7 Å². The molecule has 0 saturated heterocycles. The lowest BCUT2D eigenvalue weighted by Gasteiger charge is -2.09. The Morgan fingerprint density at radius 2 is 1.95 bits per heavy atom. The predicted octanol–water partition coefficient (Wildman–Crippen LogP) is 4.46. The van der Waals surface area contributed by atoms with Crippen molar-refractivity contribution in [3.8, 4) is 5.82 Å². The van der Waals surface area contributed by atoms with Crippen LogP contribution in [-0.4, -0.2) is 14.8 Å². The van der Waals surface area contributed by atoms with Crippen LogP contribution >= 0.6 is 23.2 Å². The molecule has 0 aliphatic heterocycles. The Morgan fingerprint density at radius 3 is 2.40 bits per heavy atom. The fourth-order valence-corrected chi connectivity index (χ4v) is 2.45. The van der Waals surface area contributed by atoms with Gasteiger partial charge >= 0.3 is 6.18 Å². The van der Waals surface area contributed by atoms with Crippen LogP contribution in [0.2, 0.25) is 10.2 Å². The van der Waals surface area contributed by atoms with Gasteiger partial charge in [0.2, 0.25) is 0 Å². The Bertz CT molecular complexity index is 650. The first kappa shape index (κ1) is 15.1. The highest BCUT2D eigenvalue weighted by molar-refractivity contribution is 6.33. The molecule has 0 aliphatic rings. The minimum Gasteiger partial charge on any atom is -0.235 e. The summed E-state index contributed by atoms with van der Waals surface area (Å²) in [6.07, 6.45) is -3.13. The van der Waals surface area contributed by atoms with E-state index in [0.717, 1.165) is 11.6 Å². The van der Waals surface area contributed by atoms with Crippen molar-refractivity contribution < 1.29 is 13.2 Å². The molecule has 0 spiro atoms. The highest BCUT2D eigenvalue weighted by Gasteiger charge is 2.32. The summed E-state index contributed by atoms with van der Waals surface area (Å²) in [5, 5.41) is 4.30. The van der Waals surface area contributed by atoms with Gasteiger partial charge in [-0.25, -0.2) is 9.67 Å². The third-order valence-corrected chi connectivity index (χ3v) is 3.49. The molecule has 3 nitrogen and oxygen atoms in total. The zero-order valence-corrected chi connectivity index (χ0v) is 12.1. The van der Waals surface area contributed by atoms with Crippen LogP contribution in [-0.2, 0) is 12.6 Å². The summed E-state index contributed by atoms with van der Waals surface area (Å²) >= 11 is 12.0. The molecule has 0 amide bonds. The molecule has 0 unspecified atom stereocenters. The normalized spacial score (nSPS) is 11.9. The van der Waals surface area contributed by atoms with Gasteiger partial charge in [0.05, 0.1) is 16.3 Å². The molecule has 2 aromatic rings. The Hall–Kier alpha value is -1.27. The van der Waals surface area contributed by atoms with E-state index in [1.807, 2.05) is 6.92 Å². The van der Waals surface area contributed by atoms with E-state index in [9.17, 15) is 13.2 Å². The van der Waals surface area contributed by atoms with Gasteiger partial charge in [0, 0.05) is 11.8 Å². The summed E-state index contributed by atoms with van der Waals surface area (Å²) in [6, 6.07) is 0.808. The van der Waals surface area contributed by atoms with Gasteiger partial charge in [-0.05, 0) is 19.4 Å². The number of pyridine rings is 1. The summed E-state index contributed by atoms with van der Waals surface area (Å²) in [6.45, 7) is 3.67. The first-order valence-electron chi connectivity index (χ1n) is 5.72. The maximum Gasteiger partial charge on any atom is 0.417 e. The highest BCUT2D eigenvalue weighted by Crippen LogP contribution is 2.33. The molecular formula is C12H10Cl2F3N3. The number of hydrogen-bond acceptors (Lipinski definition) is 2. The lowest BCUT2D eigenvalue weighted by atomic mass is 10.2. The molecule has 108 valence electrons. The van der Waals surface area contributed by atoms with E-state index in [4.69, 9.17) is 23.2 Å². The van der Waals surface area contributed by atoms with Gasteiger partial charge < -0.3 is 0 Å². The van der Waals surface area contributed by atoms with E-state index in [1.165, 1.54) is 4.68 Å². The van der Waals surface area contributed by atoms with Gasteiger partial charge in [0.1, 0.15) is 5.15 Å². The lowest BCUT2D eigenvalue weighted by Crippen LogP contribution is -2.08. The molecule has 0 N–H and O–H groups in total. The maximum atomic E-state index is 12.6. The van der Waals surface area contributed by atoms with Crippen LogP contribution in [0.25, 0.3) is 5.82 Å². The zero-order valence-electron chi connectivity index (χ0n) is 10.6. The number of aromatic nitrogens is 3. The summed E-state index contributed by atoms with van der Waals surface area (Å²) in [5.41, 5.74) is 0.585.